The van der Waals surface area contributed by atoms with Crippen molar-refractivity contribution in [3.8, 4) is 0 Å². The van der Waals surface area contributed by atoms with Gasteiger partial charge in [0.05, 0.1) is 13.2 Å². The Morgan fingerprint density at radius 1 is 1.44 bits per heavy atom. The fourth-order valence-corrected chi connectivity index (χ4v) is 1.66. The molecule has 0 bridgehead atoms. The molecule has 0 spiro atoms. The van der Waals surface area contributed by atoms with Crippen LogP contribution in [0.2, 0.25) is 0 Å². The first kappa shape index (κ1) is 5.23. The summed E-state index contributed by atoms with van der Waals surface area (Å²) < 4.78 is 5.08. The number of primary amides is 1. The molecule has 2 unspecified atom stereocenters. The summed E-state index contributed by atoms with van der Waals surface area (Å²) in [7, 11) is 0. The van der Waals surface area contributed by atoms with Gasteiger partial charge in [-0.25, -0.2) is 0 Å². The Hall–Kier alpha value is -0.570. The lowest BCUT2D eigenvalue weighted by atomic mass is 10.3. The van der Waals surface area contributed by atoms with Gasteiger partial charge in [0, 0.05) is 5.92 Å². The average molecular weight is 127 g/mol. The Balaban J connectivity index is 2.02. The second-order valence-electron chi connectivity index (χ2n) is 2.79. The molecule has 1 saturated carbocycles. The summed E-state index contributed by atoms with van der Waals surface area (Å²) in [5, 5.41) is 0. The topological polar surface area (TPSA) is 52.3 Å². The zero-order valence-corrected chi connectivity index (χ0v) is 5.04. The van der Waals surface area contributed by atoms with Crippen LogP contribution in [0.4, 0.5) is 0 Å². The highest BCUT2D eigenvalue weighted by molar-refractivity contribution is 5.80. The first-order valence-electron chi connectivity index (χ1n) is 3.18. The zero-order chi connectivity index (χ0) is 6.43. The fourth-order valence-electron chi connectivity index (χ4n) is 1.66. The number of carbonyl (C=O) groups is 1. The molecule has 1 aliphatic heterocycles. The number of nitrogens with two attached hydrogens (primary N) is 1. The predicted octanol–water partition coefficient (Wildman–Crippen LogP) is -0.636. The minimum absolute atomic E-state index is 0.145. The van der Waals surface area contributed by atoms with E-state index >= 15 is 0 Å². The molecule has 0 aromatic rings. The third-order valence-corrected chi connectivity index (χ3v) is 2.28. The van der Waals surface area contributed by atoms with Crippen molar-refractivity contribution in [1.82, 2.24) is 0 Å². The van der Waals surface area contributed by atoms with Crippen LogP contribution in [0.25, 0.3) is 0 Å². The van der Waals surface area contributed by atoms with E-state index in [0.29, 0.717) is 11.8 Å². The Morgan fingerprint density at radius 2 is 2.00 bits per heavy atom. The van der Waals surface area contributed by atoms with Crippen LogP contribution in [0.15, 0.2) is 0 Å². The molecule has 3 nitrogen and oxygen atoms in total. The number of amides is 1. The van der Waals surface area contributed by atoms with Crippen LogP contribution in [0, 0.1) is 17.8 Å². The minimum atomic E-state index is -0.145. The van der Waals surface area contributed by atoms with Crippen LogP contribution in [0.1, 0.15) is 0 Å². The van der Waals surface area contributed by atoms with Crippen LogP contribution in [-0.4, -0.2) is 19.1 Å². The summed E-state index contributed by atoms with van der Waals surface area (Å²) in [6.45, 7) is 1.50. The number of ether oxygens (including phenoxy) is 1. The summed E-state index contributed by atoms with van der Waals surface area (Å²) in [5.74, 6) is 0.956. The van der Waals surface area contributed by atoms with E-state index in [0.717, 1.165) is 13.2 Å². The lowest BCUT2D eigenvalue weighted by Crippen LogP contribution is -2.18. The average Bonchev–Trinajstić information content (AvgIpc) is 2.30. The summed E-state index contributed by atoms with van der Waals surface area (Å²) in [4.78, 5) is 10.5. The van der Waals surface area contributed by atoms with Crippen LogP contribution in [-0.2, 0) is 9.53 Å². The number of hydrogen-bond acceptors (Lipinski definition) is 2. The molecule has 0 aromatic heterocycles. The fraction of sp³-hybridized carbons (Fsp3) is 0.833. The third kappa shape index (κ3) is 0.580. The second kappa shape index (κ2) is 1.48. The number of fused-ring (bicyclic) bond motifs is 1. The van der Waals surface area contributed by atoms with Gasteiger partial charge in [-0.15, -0.1) is 0 Å². The lowest BCUT2D eigenvalue weighted by molar-refractivity contribution is -0.120. The van der Waals surface area contributed by atoms with Gasteiger partial charge in [0.25, 0.3) is 0 Å². The van der Waals surface area contributed by atoms with Gasteiger partial charge in [-0.3, -0.25) is 4.79 Å². The van der Waals surface area contributed by atoms with Gasteiger partial charge in [-0.2, -0.15) is 0 Å². The molecule has 1 aliphatic carbocycles. The maximum absolute atomic E-state index is 10.5. The quantitative estimate of drug-likeness (QED) is 0.509. The standard InChI is InChI=1S/C6H9NO2/c7-6(8)5-3-1-9-2-4(3)5/h3-5H,1-2H2,(H2,7,8). The maximum atomic E-state index is 10.5. The maximum Gasteiger partial charge on any atom is 0.221 e. The lowest BCUT2D eigenvalue weighted by Gasteiger charge is -1.96. The molecule has 3 heteroatoms. The van der Waals surface area contributed by atoms with Crippen molar-refractivity contribution in [1.29, 1.82) is 0 Å². The van der Waals surface area contributed by atoms with Gasteiger partial charge in [0.1, 0.15) is 0 Å². The van der Waals surface area contributed by atoms with Gasteiger partial charge in [0.2, 0.25) is 5.91 Å². The van der Waals surface area contributed by atoms with Gasteiger partial charge in [-0.1, -0.05) is 0 Å². The second-order valence-corrected chi connectivity index (χ2v) is 2.79. The Bertz CT molecular complexity index is 147. The van der Waals surface area contributed by atoms with Gasteiger partial charge < -0.3 is 10.5 Å². The first-order chi connectivity index (χ1) is 4.30. The van der Waals surface area contributed by atoms with Crippen molar-refractivity contribution >= 4 is 5.91 Å². The van der Waals surface area contributed by atoms with E-state index in [2.05, 4.69) is 0 Å². The normalized spacial score (nSPS) is 46.4. The summed E-state index contributed by atoms with van der Waals surface area (Å²) >= 11 is 0. The SMILES string of the molecule is NC(=O)C1C2COCC21. The van der Waals surface area contributed by atoms with Crippen LogP contribution >= 0.6 is 0 Å². The van der Waals surface area contributed by atoms with Gasteiger partial charge in [-0.05, 0) is 11.8 Å². The molecule has 0 aromatic carbocycles. The van der Waals surface area contributed by atoms with E-state index in [9.17, 15) is 4.79 Å². The van der Waals surface area contributed by atoms with E-state index in [-0.39, 0.29) is 11.8 Å². The van der Waals surface area contributed by atoms with Crippen LogP contribution in [0.5, 0.6) is 0 Å². The molecular formula is C6H9NO2. The van der Waals surface area contributed by atoms with Crippen molar-refractivity contribution in [2.75, 3.05) is 13.2 Å². The molecule has 2 aliphatic rings. The van der Waals surface area contributed by atoms with E-state index in [1.54, 1.807) is 0 Å². The molecule has 2 fully saturated rings. The summed E-state index contributed by atoms with van der Waals surface area (Å²) in [5.41, 5.74) is 5.09. The highest BCUT2D eigenvalue weighted by atomic mass is 16.5. The molecule has 50 valence electrons. The van der Waals surface area contributed by atoms with Crippen molar-refractivity contribution in [2.24, 2.45) is 23.5 Å². The van der Waals surface area contributed by atoms with Crippen molar-refractivity contribution in [3.05, 3.63) is 0 Å². The molecule has 1 amide bonds. The molecule has 1 saturated heterocycles. The largest absolute Gasteiger partial charge is 0.381 e. The smallest absolute Gasteiger partial charge is 0.221 e. The van der Waals surface area contributed by atoms with Crippen molar-refractivity contribution < 1.29 is 9.53 Å². The number of hydrogen-bond donors (Lipinski definition) is 1. The number of rotatable bonds is 1. The number of carbonyl (C=O) groups excluding carboxylic acids is 1. The van der Waals surface area contributed by atoms with Gasteiger partial charge in [0.15, 0.2) is 0 Å². The zero-order valence-electron chi connectivity index (χ0n) is 5.04. The Labute approximate surface area is 53.2 Å². The van der Waals surface area contributed by atoms with Crippen molar-refractivity contribution in [2.45, 2.75) is 0 Å². The van der Waals surface area contributed by atoms with Crippen LogP contribution < -0.4 is 5.73 Å². The van der Waals surface area contributed by atoms with E-state index in [4.69, 9.17) is 10.5 Å². The highest BCUT2D eigenvalue weighted by Gasteiger charge is 2.57. The van der Waals surface area contributed by atoms with E-state index in [1.807, 2.05) is 0 Å². The Morgan fingerprint density at radius 3 is 2.33 bits per heavy atom. The summed E-state index contributed by atoms with van der Waals surface area (Å²) in [6.07, 6.45) is 0. The molecule has 9 heavy (non-hydrogen) atoms. The monoisotopic (exact) mass is 127 g/mol. The minimum Gasteiger partial charge on any atom is -0.381 e. The first-order valence-corrected chi connectivity index (χ1v) is 3.18. The molecule has 0 radical (unpaired) electrons. The summed E-state index contributed by atoms with van der Waals surface area (Å²) in [6, 6.07) is 0. The highest BCUT2D eigenvalue weighted by Crippen LogP contribution is 2.50. The molecule has 2 atom stereocenters. The molecule has 1 heterocycles. The van der Waals surface area contributed by atoms with E-state index in [1.165, 1.54) is 0 Å². The molecule has 2 rings (SSSR count). The van der Waals surface area contributed by atoms with Gasteiger partial charge >= 0.3 is 0 Å². The van der Waals surface area contributed by atoms with Crippen LogP contribution in [0.3, 0.4) is 0 Å². The Kier molecular flexibility index (Phi) is 0.858. The van der Waals surface area contributed by atoms with Crippen molar-refractivity contribution in [3.63, 3.8) is 0 Å². The predicted molar refractivity (Wildman–Crippen MR) is 30.5 cm³/mol. The third-order valence-electron chi connectivity index (χ3n) is 2.28. The van der Waals surface area contributed by atoms with E-state index < -0.39 is 0 Å². The molecular weight excluding hydrogens is 118 g/mol. The molecule has 2 N–H and O–H groups in total.